The topological polar surface area (TPSA) is 44.1 Å². The Morgan fingerprint density at radius 2 is 2.35 bits per heavy atom. The number of nitriles is 1. The van der Waals surface area contributed by atoms with Gasteiger partial charge in [-0.3, -0.25) is 4.79 Å². The van der Waals surface area contributed by atoms with Crippen LogP contribution in [0.5, 0.6) is 0 Å². The molecule has 1 fully saturated rings. The zero-order valence-corrected chi connectivity index (χ0v) is 10.6. The molecule has 0 radical (unpaired) electrons. The summed E-state index contributed by atoms with van der Waals surface area (Å²) in [6.45, 7) is 0.589. The van der Waals surface area contributed by atoms with Crippen molar-refractivity contribution < 1.29 is 9.18 Å². The number of nitrogens with zero attached hydrogens (tertiary/aromatic N) is 2. The summed E-state index contributed by atoms with van der Waals surface area (Å²) in [4.78, 5) is 13.7. The molecule has 1 unspecified atom stereocenters. The Balaban J connectivity index is 2.25. The Morgan fingerprint density at radius 3 is 3.00 bits per heavy atom. The number of halogens is 2. The van der Waals surface area contributed by atoms with Crippen molar-refractivity contribution in [3.63, 3.8) is 0 Å². The van der Waals surface area contributed by atoms with Gasteiger partial charge in [-0.15, -0.1) is 0 Å². The van der Waals surface area contributed by atoms with Gasteiger partial charge in [-0.05, 0) is 47.0 Å². The summed E-state index contributed by atoms with van der Waals surface area (Å²) in [5, 5.41) is 8.92. The van der Waals surface area contributed by atoms with Crippen molar-refractivity contribution >= 4 is 21.8 Å². The summed E-state index contributed by atoms with van der Waals surface area (Å²) in [5.74, 6) is -0.616. The van der Waals surface area contributed by atoms with E-state index in [0.29, 0.717) is 18.5 Å². The Bertz CT molecular complexity index is 498. The van der Waals surface area contributed by atoms with Crippen LogP contribution in [0.2, 0.25) is 0 Å². The van der Waals surface area contributed by atoms with E-state index in [4.69, 9.17) is 5.26 Å². The zero-order chi connectivity index (χ0) is 12.4. The highest BCUT2D eigenvalue weighted by atomic mass is 79.9. The third-order valence-electron chi connectivity index (χ3n) is 2.83. The average molecular weight is 297 g/mol. The van der Waals surface area contributed by atoms with E-state index in [0.717, 1.165) is 6.42 Å². The number of hydrogen-bond donors (Lipinski definition) is 0. The Hall–Kier alpha value is -1.41. The van der Waals surface area contributed by atoms with Crippen molar-refractivity contribution in [2.24, 2.45) is 0 Å². The maximum Gasteiger partial charge on any atom is 0.254 e. The van der Waals surface area contributed by atoms with Crippen LogP contribution in [0.3, 0.4) is 0 Å². The van der Waals surface area contributed by atoms with E-state index in [1.54, 1.807) is 4.90 Å². The summed E-state index contributed by atoms with van der Waals surface area (Å²) in [6, 6.07) is 5.89. The molecule has 3 nitrogen and oxygen atoms in total. The Morgan fingerprint density at radius 1 is 1.59 bits per heavy atom. The van der Waals surface area contributed by atoms with Gasteiger partial charge in [0.05, 0.1) is 10.5 Å². The van der Waals surface area contributed by atoms with Crippen molar-refractivity contribution in [2.45, 2.75) is 18.9 Å². The first-order chi connectivity index (χ1) is 8.13. The molecule has 1 amide bonds. The van der Waals surface area contributed by atoms with Crippen LogP contribution in [-0.4, -0.2) is 23.4 Å². The van der Waals surface area contributed by atoms with E-state index in [1.165, 1.54) is 18.2 Å². The lowest BCUT2D eigenvalue weighted by atomic mass is 10.2. The molecule has 0 spiro atoms. The van der Waals surface area contributed by atoms with Crippen LogP contribution in [0.1, 0.15) is 23.2 Å². The lowest BCUT2D eigenvalue weighted by Gasteiger charge is -2.19. The van der Waals surface area contributed by atoms with E-state index >= 15 is 0 Å². The predicted molar refractivity (Wildman–Crippen MR) is 63.8 cm³/mol. The van der Waals surface area contributed by atoms with E-state index in [9.17, 15) is 9.18 Å². The van der Waals surface area contributed by atoms with Gasteiger partial charge in [-0.25, -0.2) is 4.39 Å². The van der Waals surface area contributed by atoms with E-state index in [2.05, 4.69) is 22.0 Å². The summed E-state index contributed by atoms with van der Waals surface area (Å²) < 4.78 is 13.3. The van der Waals surface area contributed by atoms with E-state index < -0.39 is 5.82 Å². The molecule has 2 rings (SSSR count). The van der Waals surface area contributed by atoms with Gasteiger partial charge < -0.3 is 4.90 Å². The standard InChI is InChI=1S/C12H10BrFN2O/c13-10-6-8(3-4-11(10)14)12(17)16-5-1-2-9(16)7-15/h3-4,6,9H,1-2,5H2. The van der Waals surface area contributed by atoms with Gasteiger partial charge >= 0.3 is 0 Å². The van der Waals surface area contributed by atoms with Crippen LogP contribution in [-0.2, 0) is 0 Å². The SMILES string of the molecule is N#CC1CCCN1C(=O)c1ccc(F)c(Br)c1. The molecular formula is C12H10BrFN2O. The summed E-state index contributed by atoms with van der Waals surface area (Å²) >= 11 is 3.04. The molecule has 1 atom stereocenters. The number of carbonyl (C=O) groups is 1. The molecule has 0 aliphatic carbocycles. The van der Waals surface area contributed by atoms with Crippen molar-refractivity contribution in [1.82, 2.24) is 4.90 Å². The minimum atomic E-state index is -0.403. The van der Waals surface area contributed by atoms with Crippen LogP contribution < -0.4 is 0 Å². The summed E-state index contributed by atoms with van der Waals surface area (Å²) in [6.07, 6.45) is 1.55. The fraction of sp³-hybridized carbons (Fsp3) is 0.333. The molecular weight excluding hydrogens is 287 g/mol. The number of amides is 1. The van der Waals surface area contributed by atoms with Crippen molar-refractivity contribution in [1.29, 1.82) is 5.26 Å². The molecule has 1 aromatic rings. The Labute approximate surface area is 107 Å². The molecule has 1 aromatic carbocycles. The minimum absolute atomic E-state index is 0.213. The first kappa shape index (κ1) is 12.1. The second-order valence-corrected chi connectivity index (χ2v) is 4.77. The fourth-order valence-corrected chi connectivity index (χ4v) is 2.32. The maximum atomic E-state index is 13.1. The first-order valence-electron chi connectivity index (χ1n) is 5.29. The number of rotatable bonds is 1. The molecule has 0 saturated carbocycles. The van der Waals surface area contributed by atoms with Crippen molar-refractivity contribution in [3.05, 3.63) is 34.1 Å². The van der Waals surface area contributed by atoms with Gasteiger partial charge in [0, 0.05) is 12.1 Å². The van der Waals surface area contributed by atoms with Crippen LogP contribution in [0.25, 0.3) is 0 Å². The molecule has 5 heteroatoms. The monoisotopic (exact) mass is 296 g/mol. The second kappa shape index (κ2) is 4.84. The van der Waals surface area contributed by atoms with Crippen LogP contribution in [0, 0.1) is 17.1 Å². The number of benzene rings is 1. The molecule has 1 aliphatic heterocycles. The van der Waals surface area contributed by atoms with Crippen molar-refractivity contribution in [2.75, 3.05) is 6.54 Å². The average Bonchev–Trinajstić information content (AvgIpc) is 2.80. The molecule has 1 saturated heterocycles. The lowest BCUT2D eigenvalue weighted by Crippen LogP contribution is -2.34. The number of hydrogen-bond acceptors (Lipinski definition) is 2. The number of carbonyl (C=O) groups excluding carboxylic acids is 1. The minimum Gasteiger partial charge on any atom is -0.323 e. The van der Waals surface area contributed by atoms with Gasteiger partial charge in [-0.2, -0.15) is 5.26 Å². The van der Waals surface area contributed by atoms with Gasteiger partial charge in [0.2, 0.25) is 0 Å². The highest BCUT2D eigenvalue weighted by Gasteiger charge is 2.29. The fourth-order valence-electron chi connectivity index (χ4n) is 1.94. The van der Waals surface area contributed by atoms with Gasteiger partial charge in [-0.1, -0.05) is 0 Å². The largest absolute Gasteiger partial charge is 0.323 e. The Kier molecular flexibility index (Phi) is 3.43. The molecule has 0 aromatic heterocycles. The normalized spacial score (nSPS) is 19.1. The molecule has 17 heavy (non-hydrogen) atoms. The first-order valence-corrected chi connectivity index (χ1v) is 6.08. The van der Waals surface area contributed by atoms with Gasteiger partial charge in [0.1, 0.15) is 11.9 Å². The van der Waals surface area contributed by atoms with E-state index in [-0.39, 0.29) is 16.4 Å². The molecule has 1 heterocycles. The third kappa shape index (κ3) is 2.32. The highest BCUT2D eigenvalue weighted by molar-refractivity contribution is 9.10. The van der Waals surface area contributed by atoms with Crippen LogP contribution in [0.15, 0.2) is 22.7 Å². The second-order valence-electron chi connectivity index (χ2n) is 3.91. The smallest absolute Gasteiger partial charge is 0.254 e. The van der Waals surface area contributed by atoms with Gasteiger partial charge in [0.15, 0.2) is 0 Å². The van der Waals surface area contributed by atoms with Crippen LogP contribution >= 0.6 is 15.9 Å². The molecule has 0 N–H and O–H groups in total. The number of likely N-dealkylation sites (tertiary alicyclic amines) is 1. The lowest BCUT2D eigenvalue weighted by molar-refractivity contribution is 0.0764. The van der Waals surface area contributed by atoms with Crippen molar-refractivity contribution in [3.8, 4) is 6.07 Å². The van der Waals surface area contributed by atoms with Gasteiger partial charge in [0.25, 0.3) is 5.91 Å². The highest BCUT2D eigenvalue weighted by Crippen LogP contribution is 2.22. The predicted octanol–water partition coefficient (Wildman–Crippen LogP) is 2.72. The molecule has 1 aliphatic rings. The summed E-state index contributed by atoms with van der Waals surface area (Å²) in [5.41, 5.74) is 0.403. The van der Waals surface area contributed by atoms with Crippen LogP contribution in [0.4, 0.5) is 4.39 Å². The molecule has 0 bridgehead atoms. The maximum absolute atomic E-state index is 13.1. The quantitative estimate of drug-likeness (QED) is 0.800. The third-order valence-corrected chi connectivity index (χ3v) is 3.44. The molecule has 88 valence electrons. The summed E-state index contributed by atoms with van der Waals surface area (Å²) in [7, 11) is 0. The zero-order valence-electron chi connectivity index (χ0n) is 8.99. The van der Waals surface area contributed by atoms with E-state index in [1.807, 2.05) is 0 Å².